The average Bonchev–Trinajstić information content (AvgIpc) is 2.29. The Kier molecular flexibility index (Phi) is 5.81. The SMILES string of the molecule is CSCCCCNc1ccc(C#N)c(C)c1. The Bertz CT molecular complexity index is 369. The first-order chi connectivity index (χ1) is 7.77. The summed E-state index contributed by atoms with van der Waals surface area (Å²) in [5.74, 6) is 1.23. The van der Waals surface area contributed by atoms with Gasteiger partial charge in [0.2, 0.25) is 0 Å². The van der Waals surface area contributed by atoms with Crippen LogP contribution in [0.1, 0.15) is 24.0 Å². The number of nitriles is 1. The maximum atomic E-state index is 8.81. The van der Waals surface area contributed by atoms with Gasteiger partial charge in [0.15, 0.2) is 0 Å². The minimum atomic E-state index is 0.757. The molecule has 0 atom stereocenters. The molecule has 0 spiro atoms. The normalized spacial score (nSPS) is 9.81. The van der Waals surface area contributed by atoms with Gasteiger partial charge in [0.05, 0.1) is 11.6 Å². The molecule has 3 heteroatoms. The minimum absolute atomic E-state index is 0.757. The van der Waals surface area contributed by atoms with Crippen molar-refractivity contribution < 1.29 is 0 Å². The Morgan fingerprint density at radius 1 is 1.38 bits per heavy atom. The summed E-state index contributed by atoms with van der Waals surface area (Å²) in [6, 6.07) is 8.06. The van der Waals surface area contributed by atoms with E-state index in [1.54, 1.807) is 0 Å². The lowest BCUT2D eigenvalue weighted by Gasteiger charge is -2.07. The van der Waals surface area contributed by atoms with E-state index in [-0.39, 0.29) is 0 Å². The van der Waals surface area contributed by atoms with Crippen molar-refractivity contribution in [3.63, 3.8) is 0 Å². The van der Waals surface area contributed by atoms with E-state index >= 15 is 0 Å². The number of aryl methyl sites for hydroxylation is 1. The van der Waals surface area contributed by atoms with Gasteiger partial charge in [0, 0.05) is 12.2 Å². The second-order valence-electron chi connectivity index (χ2n) is 3.77. The Morgan fingerprint density at radius 2 is 2.19 bits per heavy atom. The Labute approximate surface area is 102 Å². The maximum Gasteiger partial charge on any atom is 0.0994 e. The number of thioether (sulfide) groups is 1. The van der Waals surface area contributed by atoms with Gasteiger partial charge in [0.1, 0.15) is 0 Å². The molecule has 86 valence electrons. The van der Waals surface area contributed by atoms with Crippen LogP contribution in [0.2, 0.25) is 0 Å². The molecule has 0 saturated carbocycles. The number of nitrogens with one attached hydrogen (secondary N) is 1. The van der Waals surface area contributed by atoms with Crippen molar-refractivity contribution in [3.05, 3.63) is 29.3 Å². The van der Waals surface area contributed by atoms with Crippen molar-refractivity contribution in [1.29, 1.82) is 5.26 Å². The predicted octanol–water partition coefficient (Wildman–Crippen LogP) is 3.42. The van der Waals surface area contributed by atoms with Gasteiger partial charge < -0.3 is 5.32 Å². The molecule has 0 unspecified atom stereocenters. The number of hydrogen-bond acceptors (Lipinski definition) is 3. The van der Waals surface area contributed by atoms with Crippen LogP contribution in [0.25, 0.3) is 0 Å². The molecule has 0 heterocycles. The van der Waals surface area contributed by atoms with Gasteiger partial charge in [-0.05, 0) is 55.5 Å². The summed E-state index contributed by atoms with van der Waals surface area (Å²) in [5, 5.41) is 12.2. The van der Waals surface area contributed by atoms with Crippen LogP contribution in [0, 0.1) is 18.3 Å². The zero-order valence-corrected chi connectivity index (χ0v) is 10.7. The van der Waals surface area contributed by atoms with E-state index in [2.05, 4.69) is 17.6 Å². The van der Waals surface area contributed by atoms with Crippen molar-refractivity contribution in [1.82, 2.24) is 0 Å². The van der Waals surface area contributed by atoms with E-state index in [0.29, 0.717) is 0 Å². The molecular weight excluding hydrogens is 216 g/mol. The number of nitrogens with zero attached hydrogens (tertiary/aromatic N) is 1. The smallest absolute Gasteiger partial charge is 0.0994 e. The van der Waals surface area contributed by atoms with Crippen LogP contribution in [0.5, 0.6) is 0 Å². The highest BCUT2D eigenvalue weighted by Crippen LogP contribution is 2.14. The first-order valence-electron chi connectivity index (χ1n) is 5.51. The molecular formula is C13H18N2S. The lowest BCUT2D eigenvalue weighted by Crippen LogP contribution is -2.02. The minimum Gasteiger partial charge on any atom is -0.385 e. The molecule has 1 aromatic rings. The average molecular weight is 234 g/mol. The van der Waals surface area contributed by atoms with Crippen LogP contribution in [-0.4, -0.2) is 18.6 Å². The highest BCUT2D eigenvalue weighted by molar-refractivity contribution is 7.98. The van der Waals surface area contributed by atoms with Crippen LogP contribution in [0.3, 0.4) is 0 Å². The molecule has 1 N–H and O–H groups in total. The summed E-state index contributed by atoms with van der Waals surface area (Å²) in [4.78, 5) is 0. The van der Waals surface area contributed by atoms with Gasteiger partial charge in [0.25, 0.3) is 0 Å². The largest absolute Gasteiger partial charge is 0.385 e. The van der Waals surface area contributed by atoms with Gasteiger partial charge in [-0.1, -0.05) is 0 Å². The first-order valence-corrected chi connectivity index (χ1v) is 6.91. The van der Waals surface area contributed by atoms with Crippen molar-refractivity contribution >= 4 is 17.4 Å². The summed E-state index contributed by atoms with van der Waals surface area (Å²) in [6.45, 7) is 2.98. The van der Waals surface area contributed by atoms with E-state index in [0.717, 1.165) is 23.4 Å². The molecule has 0 bridgehead atoms. The van der Waals surface area contributed by atoms with E-state index < -0.39 is 0 Å². The van der Waals surface area contributed by atoms with Crippen molar-refractivity contribution in [2.24, 2.45) is 0 Å². The third-order valence-electron chi connectivity index (χ3n) is 2.45. The topological polar surface area (TPSA) is 35.8 Å². The summed E-state index contributed by atoms with van der Waals surface area (Å²) in [5.41, 5.74) is 2.91. The number of hydrogen-bond donors (Lipinski definition) is 1. The van der Waals surface area contributed by atoms with Crippen LogP contribution in [0.15, 0.2) is 18.2 Å². The van der Waals surface area contributed by atoms with Gasteiger partial charge in [-0.15, -0.1) is 0 Å². The Balaban J connectivity index is 2.38. The van der Waals surface area contributed by atoms with Crippen molar-refractivity contribution in [2.45, 2.75) is 19.8 Å². The number of anilines is 1. The van der Waals surface area contributed by atoms with Crippen LogP contribution in [0.4, 0.5) is 5.69 Å². The molecule has 0 aliphatic carbocycles. The van der Waals surface area contributed by atoms with Crippen molar-refractivity contribution in [3.8, 4) is 6.07 Å². The third-order valence-corrected chi connectivity index (χ3v) is 3.15. The fourth-order valence-electron chi connectivity index (χ4n) is 1.50. The fourth-order valence-corrected chi connectivity index (χ4v) is 2.00. The van der Waals surface area contributed by atoms with Gasteiger partial charge in [-0.25, -0.2) is 0 Å². The maximum absolute atomic E-state index is 8.81. The van der Waals surface area contributed by atoms with E-state index in [1.165, 1.54) is 18.6 Å². The monoisotopic (exact) mass is 234 g/mol. The summed E-state index contributed by atoms with van der Waals surface area (Å²) >= 11 is 1.89. The van der Waals surface area contributed by atoms with E-state index in [1.807, 2.05) is 36.9 Å². The molecule has 1 aromatic carbocycles. The molecule has 0 aromatic heterocycles. The fraction of sp³-hybridized carbons (Fsp3) is 0.462. The molecule has 16 heavy (non-hydrogen) atoms. The summed E-state index contributed by atoms with van der Waals surface area (Å²) in [6.07, 6.45) is 4.58. The zero-order chi connectivity index (χ0) is 11.8. The molecule has 0 amide bonds. The molecule has 0 radical (unpaired) electrons. The second-order valence-corrected chi connectivity index (χ2v) is 4.75. The predicted molar refractivity (Wildman–Crippen MR) is 72.0 cm³/mol. The van der Waals surface area contributed by atoms with Crippen LogP contribution < -0.4 is 5.32 Å². The Morgan fingerprint density at radius 3 is 2.81 bits per heavy atom. The molecule has 0 fully saturated rings. The molecule has 1 rings (SSSR count). The van der Waals surface area contributed by atoms with E-state index in [9.17, 15) is 0 Å². The second kappa shape index (κ2) is 7.19. The Hall–Kier alpha value is -1.14. The first kappa shape index (κ1) is 12.9. The van der Waals surface area contributed by atoms with Crippen LogP contribution >= 0.6 is 11.8 Å². The molecule has 0 aliphatic heterocycles. The number of benzene rings is 1. The quantitative estimate of drug-likeness (QED) is 0.766. The van der Waals surface area contributed by atoms with Gasteiger partial charge in [-0.3, -0.25) is 0 Å². The third kappa shape index (κ3) is 4.16. The lowest BCUT2D eigenvalue weighted by molar-refractivity contribution is 0.843. The molecule has 0 aliphatic rings. The summed E-state index contributed by atoms with van der Waals surface area (Å²) in [7, 11) is 0. The standard InChI is InChI=1S/C13H18N2S/c1-11-9-13(6-5-12(11)10-14)15-7-3-4-8-16-2/h5-6,9,15H,3-4,7-8H2,1-2H3. The van der Waals surface area contributed by atoms with Gasteiger partial charge >= 0.3 is 0 Å². The number of rotatable bonds is 6. The zero-order valence-electron chi connectivity index (χ0n) is 9.92. The van der Waals surface area contributed by atoms with Crippen molar-refractivity contribution in [2.75, 3.05) is 23.9 Å². The molecule has 2 nitrogen and oxygen atoms in total. The highest BCUT2D eigenvalue weighted by atomic mass is 32.2. The number of unbranched alkanes of at least 4 members (excludes halogenated alkanes) is 1. The highest BCUT2D eigenvalue weighted by Gasteiger charge is 1.98. The van der Waals surface area contributed by atoms with Gasteiger partial charge in [-0.2, -0.15) is 17.0 Å². The van der Waals surface area contributed by atoms with Crippen LogP contribution in [-0.2, 0) is 0 Å². The summed E-state index contributed by atoms with van der Waals surface area (Å²) < 4.78 is 0. The molecule has 0 saturated heterocycles. The lowest BCUT2D eigenvalue weighted by atomic mass is 10.1. The van der Waals surface area contributed by atoms with E-state index in [4.69, 9.17) is 5.26 Å².